The molecule has 0 aliphatic heterocycles. The maximum absolute atomic E-state index is 11.8. The Morgan fingerprint density at radius 2 is 2.00 bits per heavy atom. The second kappa shape index (κ2) is 3.89. The fourth-order valence-electron chi connectivity index (χ4n) is 1.58. The van der Waals surface area contributed by atoms with Gasteiger partial charge in [-0.1, -0.05) is 18.2 Å². The minimum Gasteiger partial charge on any atom is -0.475 e. The first-order chi connectivity index (χ1) is 8.02. The third-order valence-corrected chi connectivity index (χ3v) is 2.52. The number of carboxylic acid groups (broad SMARTS) is 1. The number of benzene rings is 1. The van der Waals surface area contributed by atoms with Gasteiger partial charge in [-0.25, -0.2) is 9.59 Å². The number of aryl methyl sites for hydroxylation is 1. The predicted octanol–water partition coefficient (Wildman–Crippen LogP) is 0.578. The molecule has 1 heterocycles. The summed E-state index contributed by atoms with van der Waals surface area (Å²) in [6, 6.07) is 7.15. The van der Waals surface area contributed by atoms with Gasteiger partial charge in [0.1, 0.15) is 0 Å². The van der Waals surface area contributed by atoms with Gasteiger partial charge in [0.2, 0.25) is 5.82 Å². The smallest absolute Gasteiger partial charge is 0.374 e. The van der Waals surface area contributed by atoms with Crippen LogP contribution in [0.2, 0.25) is 0 Å². The van der Waals surface area contributed by atoms with Crippen molar-refractivity contribution >= 4 is 5.97 Å². The van der Waals surface area contributed by atoms with E-state index in [2.05, 4.69) is 5.10 Å². The van der Waals surface area contributed by atoms with Gasteiger partial charge in [-0.2, -0.15) is 4.68 Å². The molecular weight excluding hydrogens is 222 g/mol. The number of nitrogens with zero attached hydrogens (tertiary/aromatic N) is 3. The second-order valence-corrected chi connectivity index (χ2v) is 3.67. The fraction of sp³-hybridized carbons (Fsp3) is 0.182. The van der Waals surface area contributed by atoms with E-state index in [1.165, 1.54) is 7.05 Å². The maximum Gasteiger partial charge on any atom is 0.374 e. The van der Waals surface area contributed by atoms with Crippen LogP contribution in [0.3, 0.4) is 0 Å². The number of carbonyl (C=O) groups is 1. The van der Waals surface area contributed by atoms with Crippen molar-refractivity contribution in [1.82, 2.24) is 14.3 Å². The maximum atomic E-state index is 11.8. The Labute approximate surface area is 96.7 Å². The van der Waals surface area contributed by atoms with Gasteiger partial charge in [0.15, 0.2) is 0 Å². The first-order valence-corrected chi connectivity index (χ1v) is 4.97. The summed E-state index contributed by atoms with van der Waals surface area (Å²) in [6.45, 7) is 1.83. The van der Waals surface area contributed by atoms with Crippen LogP contribution >= 0.6 is 0 Å². The number of para-hydroxylation sites is 1. The van der Waals surface area contributed by atoms with Gasteiger partial charge < -0.3 is 5.11 Å². The lowest BCUT2D eigenvalue weighted by Crippen LogP contribution is -2.23. The summed E-state index contributed by atoms with van der Waals surface area (Å²) in [5, 5.41) is 12.7. The molecule has 0 saturated carbocycles. The molecule has 0 aliphatic carbocycles. The summed E-state index contributed by atoms with van der Waals surface area (Å²) in [5.41, 5.74) is 0.960. The Bertz CT molecular complexity index is 640. The Hall–Kier alpha value is -2.37. The number of hydrogen-bond donors (Lipinski definition) is 1. The molecule has 0 radical (unpaired) electrons. The van der Waals surface area contributed by atoms with Gasteiger partial charge in [-0.3, -0.25) is 4.57 Å². The summed E-state index contributed by atoms with van der Waals surface area (Å²) in [4.78, 5) is 22.7. The van der Waals surface area contributed by atoms with Crippen molar-refractivity contribution in [2.45, 2.75) is 6.92 Å². The molecule has 0 saturated heterocycles. The largest absolute Gasteiger partial charge is 0.475 e. The quantitative estimate of drug-likeness (QED) is 0.823. The molecule has 6 nitrogen and oxygen atoms in total. The van der Waals surface area contributed by atoms with E-state index in [-0.39, 0.29) is 5.82 Å². The normalized spacial score (nSPS) is 10.5. The molecule has 1 N–H and O–H groups in total. The van der Waals surface area contributed by atoms with E-state index in [1.54, 1.807) is 12.1 Å². The molecule has 2 aromatic rings. The summed E-state index contributed by atoms with van der Waals surface area (Å²) in [7, 11) is 1.38. The lowest BCUT2D eigenvalue weighted by Gasteiger charge is -2.02. The summed E-state index contributed by atoms with van der Waals surface area (Å²) >= 11 is 0. The Morgan fingerprint density at radius 1 is 1.35 bits per heavy atom. The molecule has 2 rings (SSSR count). The van der Waals surface area contributed by atoms with Crippen LogP contribution in [0.1, 0.15) is 16.2 Å². The van der Waals surface area contributed by atoms with Crippen LogP contribution in [0.4, 0.5) is 0 Å². The van der Waals surface area contributed by atoms with E-state index in [1.807, 2.05) is 19.1 Å². The number of aromatic carboxylic acids is 1. The predicted molar refractivity (Wildman–Crippen MR) is 60.5 cm³/mol. The molecule has 0 atom stereocenters. The number of hydrogen-bond acceptors (Lipinski definition) is 3. The molecule has 0 amide bonds. The van der Waals surface area contributed by atoms with Crippen molar-refractivity contribution in [2.75, 3.05) is 0 Å². The molecule has 0 spiro atoms. The highest BCUT2D eigenvalue weighted by Gasteiger charge is 2.17. The molecule has 1 aromatic heterocycles. The van der Waals surface area contributed by atoms with Crippen LogP contribution in [0.5, 0.6) is 0 Å². The highest BCUT2D eigenvalue weighted by molar-refractivity contribution is 5.83. The van der Waals surface area contributed by atoms with Gasteiger partial charge in [0.05, 0.1) is 5.69 Å². The van der Waals surface area contributed by atoms with E-state index in [4.69, 9.17) is 5.11 Å². The van der Waals surface area contributed by atoms with Crippen molar-refractivity contribution in [3.63, 3.8) is 0 Å². The number of rotatable bonds is 2. The molecular formula is C11H11N3O3. The molecule has 0 aliphatic rings. The SMILES string of the molecule is Cc1ccccc1-n1nc(C(=O)O)n(C)c1=O. The Kier molecular flexibility index (Phi) is 2.55. The van der Waals surface area contributed by atoms with Crippen LogP contribution in [0, 0.1) is 6.92 Å². The molecule has 0 bridgehead atoms. The lowest BCUT2D eigenvalue weighted by atomic mass is 10.2. The van der Waals surface area contributed by atoms with E-state index in [0.717, 1.165) is 14.8 Å². The lowest BCUT2D eigenvalue weighted by molar-refractivity contribution is 0.0678. The Morgan fingerprint density at radius 3 is 2.53 bits per heavy atom. The first-order valence-electron chi connectivity index (χ1n) is 4.97. The van der Waals surface area contributed by atoms with E-state index in [0.29, 0.717) is 5.69 Å². The molecule has 17 heavy (non-hydrogen) atoms. The average molecular weight is 233 g/mol. The minimum absolute atomic E-state index is 0.279. The van der Waals surface area contributed by atoms with Crippen molar-refractivity contribution in [3.8, 4) is 5.69 Å². The third kappa shape index (κ3) is 1.73. The van der Waals surface area contributed by atoms with Crippen LogP contribution in [-0.4, -0.2) is 25.4 Å². The summed E-state index contributed by atoms with van der Waals surface area (Å²) < 4.78 is 2.10. The highest BCUT2D eigenvalue weighted by Crippen LogP contribution is 2.10. The van der Waals surface area contributed by atoms with Gasteiger partial charge in [0, 0.05) is 7.05 Å². The third-order valence-electron chi connectivity index (χ3n) is 2.52. The minimum atomic E-state index is -1.23. The summed E-state index contributed by atoms with van der Waals surface area (Å²) in [5.74, 6) is -1.50. The van der Waals surface area contributed by atoms with Crippen molar-refractivity contribution in [2.24, 2.45) is 7.05 Å². The fourth-order valence-corrected chi connectivity index (χ4v) is 1.58. The second-order valence-electron chi connectivity index (χ2n) is 3.67. The van der Waals surface area contributed by atoms with Crippen LogP contribution < -0.4 is 5.69 Å². The standard InChI is InChI=1S/C11H11N3O3/c1-7-5-3-4-6-8(7)14-11(17)13(2)9(12-14)10(15)16/h3-6H,1-2H3,(H,15,16). The molecule has 88 valence electrons. The van der Waals surface area contributed by atoms with Crippen LogP contribution in [0.15, 0.2) is 29.1 Å². The molecule has 1 aromatic carbocycles. The number of carboxylic acids is 1. The monoisotopic (exact) mass is 233 g/mol. The van der Waals surface area contributed by atoms with E-state index < -0.39 is 11.7 Å². The van der Waals surface area contributed by atoms with Crippen LogP contribution in [0.25, 0.3) is 5.69 Å². The average Bonchev–Trinajstić information content (AvgIpc) is 2.57. The van der Waals surface area contributed by atoms with Crippen molar-refractivity contribution < 1.29 is 9.90 Å². The first kappa shape index (κ1) is 11.1. The highest BCUT2D eigenvalue weighted by atomic mass is 16.4. The van der Waals surface area contributed by atoms with E-state index in [9.17, 15) is 9.59 Å². The van der Waals surface area contributed by atoms with Crippen molar-refractivity contribution in [3.05, 3.63) is 46.1 Å². The van der Waals surface area contributed by atoms with Gasteiger partial charge in [-0.05, 0) is 18.6 Å². The van der Waals surface area contributed by atoms with Gasteiger partial charge >= 0.3 is 11.7 Å². The van der Waals surface area contributed by atoms with Crippen molar-refractivity contribution in [1.29, 1.82) is 0 Å². The summed E-state index contributed by atoms with van der Waals surface area (Å²) in [6.07, 6.45) is 0. The zero-order valence-corrected chi connectivity index (χ0v) is 9.41. The topological polar surface area (TPSA) is 77.1 Å². The zero-order valence-electron chi connectivity index (χ0n) is 9.41. The molecule has 6 heteroatoms. The molecule has 0 unspecified atom stereocenters. The van der Waals surface area contributed by atoms with Gasteiger partial charge in [-0.15, -0.1) is 5.10 Å². The van der Waals surface area contributed by atoms with Gasteiger partial charge in [0.25, 0.3) is 0 Å². The molecule has 0 fully saturated rings. The Balaban J connectivity index is 2.70. The van der Waals surface area contributed by atoms with E-state index >= 15 is 0 Å². The zero-order chi connectivity index (χ0) is 12.6. The van der Waals surface area contributed by atoms with Crippen LogP contribution in [-0.2, 0) is 7.05 Å². The number of aromatic nitrogens is 3.